The van der Waals surface area contributed by atoms with Crippen LogP contribution in [0.4, 0.5) is 11.6 Å². The van der Waals surface area contributed by atoms with Gasteiger partial charge in [-0.3, -0.25) is 0 Å². The van der Waals surface area contributed by atoms with Crippen LogP contribution in [0.5, 0.6) is 0 Å². The number of nitrogens with two attached hydrogens (primary N) is 1. The highest BCUT2D eigenvalue weighted by atomic mass is 32.2. The zero-order valence-corrected chi connectivity index (χ0v) is 11.9. The van der Waals surface area contributed by atoms with E-state index in [-0.39, 0.29) is 17.5 Å². The molecular formula is C12H20N4O2S. The van der Waals surface area contributed by atoms with Gasteiger partial charge in [-0.1, -0.05) is 6.92 Å². The fourth-order valence-electron chi connectivity index (χ4n) is 2.17. The fraction of sp³-hybridized carbons (Fsp3) is 0.667. The highest BCUT2D eigenvalue weighted by molar-refractivity contribution is 7.91. The monoisotopic (exact) mass is 284 g/mol. The summed E-state index contributed by atoms with van der Waals surface area (Å²) in [6, 6.07) is 1.84. The maximum atomic E-state index is 11.4. The van der Waals surface area contributed by atoms with Gasteiger partial charge in [-0.15, -0.1) is 0 Å². The lowest BCUT2D eigenvalue weighted by Gasteiger charge is -2.23. The molecule has 1 aromatic heterocycles. The van der Waals surface area contributed by atoms with Crippen LogP contribution in [0, 0.1) is 0 Å². The van der Waals surface area contributed by atoms with Crippen LogP contribution in [0.1, 0.15) is 32.0 Å². The fourth-order valence-corrected chi connectivity index (χ4v) is 3.66. The second kappa shape index (κ2) is 5.73. The number of hydrogen-bond acceptors (Lipinski definition) is 6. The standard InChI is InChI=1S/C12H20N4O2S/c1-2-3-11-15-10(13)8-12(16-11)14-9-4-6-19(17,18)7-5-9/h8-9H,2-7H2,1H3,(H3,13,14,15,16). The van der Waals surface area contributed by atoms with Gasteiger partial charge < -0.3 is 11.1 Å². The molecule has 0 bridgehead atoms. The van der Waals surface area contributed by atoms with E-state index in [0.29, 0.717) is 24.5 Å². The van der Waals surface area contributed by atoms with Crippen LogP contribution >= 0.6 is 0 Å². The third-order valence-corrected chi connectivity index (χ3v) is 4.89. The number of nitrogens with one attached hydrogen (secondary N) is 1. The minimum Gasteiger partial charge on any atom is -0.384 e. The van der Waals surface area contributed by atoms with Crippen molar-refractivity contribution in [2.24, 2.45) is 0 Å². The van der Waals surface area contributed by atoms with Crippen molar-refractivity contribution in [3.05, 3.63) is 11.9 Å². The van der Waals surface area contributed by atoms with E-state index in [2.05, 4.69) is 22.2 Å². The van der Waals surface area contributed by atoms with Crippen LogP contribution in [0.15, 0.2) is 6.07 Å². The lowest BCUT2D eigenvalue weighted by atomic mass is 10.1. The maximum Gasteiger partial charge on any atom is 0.150 e. The van der Waals surface area contributed by atoms with Gasteiger partial charge in [0, 0.05) is 18.5 Å². The molecule has 0 amide bonds. The van der Waals surface area contributed by atoms with Crippen molar-refractivity contribution < 1.29 is 8.42 Å². The zero-order valence-electron chi connectivity index (χ0n) is 11.1. The van der Waals surface area contributed by atoms with Crippen molar-refractivity contribution in [1.29, 1.82) is 0 Å². The van der Waals surface area contributed by atoms with E-state index >= 15 is 0 Å². The molecule has 0 radical (unpaired) electrons. The molecule has 0 atom stereocenters. The Kier molecular flexibility index (Phi) is 4.24. The Hall–Kier alpha value is -1.37. The molecule has 1 aliphatic rings. The van der Waals surface area contributed by atoms with E-state index in [0.717, 1.165) is 18.7 Å². The van der Waals surface area contributed by atoms with Gasteiger partial charge >= 0.3 is 0 Å². The average Bonchev–Trinajstić information content (AvgIpc) is 2.32. The summed E-state index contributed by atoms with van der Waals surface area (Å²) in [5.74, 6) is 2.36. The Balaban J connectivity index is 2.03. The van der Waals surface area contributed by atoms with Crippen molar-refractivity contribution >= 4 is 21.5 Å². The Morgan fingerprint density at radius 3 is 2.68 bits per heavy atom. The predicted octanol–water partition coefficient (Wildman–Crippen LogP) is 1.00. The van der Waals surface area contributed by atoms with Gasteiger partial charge in [0.2, 0.25) is 0 Å². The summed E-state index contributed by atoms with van der Waals surface area (Å²) in [6.07, 6.45) is 2.99. The molecule has 1 aromatic rings. The molecule has 2 rings (SSSR count). The van der Waals surface area contributed by atoms with Gasteiger partial charge in [0.25, 0.3) is 0 Å². The Morgan fingerprint density at radius 1 is 1.37 bits per heavy atom. The average molecular weight is 284 g/mol. The van der Waals surface area contributed by atoms with Crippen LogP contribution in [-0.4, -0.2) is 35.9 Å². The molecule has 106 valence electrons. The van der Waals surface area contributed by atoms with Gasteiger partial charge in [0.15, 0.2) is 0 Å². The van der Waals surface area contributed by atoms with Crippen molar-refractivity contribution in [2.75, 3.05) is 22.6 Å². The van der Waals surface area contributed by atoms with Gasteiger partial charge in [-0.2, -0.15) is 0 Å². The summed E-state index contributed by atoms with van der Waals surface area (Å²) in [6.45, 7) is 2.06. The molecule has 1 fully saturated rings. The van der Waals surface area contributed by atoms with Crippen LogP contribution in [0.25, 0.3) is 0 Å². The van der Waals surface area contributed by atoms with Crippen molar-refractivity contribution in [1.82, 2.24) is 9.97 Å². The Morgan fingerprint density at radius 2 is 2.05 bits per heavy atom. The molecule has 3 N–H and O–H groups in total. The quantitative estimate of drug-likeness (QED) is 0.856. The third kappa shape index (κ3) is 4.05. The number of anilines is 2. The maximum absolute atomic E-state index is 11.4. The molecular weight excluding hydrogens is 264 g/mol. The first-order valence-electron chi connectivity index (χ1n) is 6.59. The SMILES string of the molecule is CCCc1nc(N)cc(NC2CCS(=O)(=O)CC2)n1. The van der Waals surface area contributed by atoms with Gasteiger partial charge in [0.1, 0.15) is 27.3 Å². The molecule has 0 saturated carbocycles. The highest BCUT2D eigenvalue weighted by Crippen LogP contribution is 2.18. The van der Waals surface area contributed by atoms with E-state index in [1.54, 1.807) is 6.07 Å². The number of aryl methyl sites for hydroxylation is 1. The number of nitrogens with zero attached hydrogens (tertiary/aromatic N) is 2. The first kappa shape index (κ1) is 14.0. The summed E-state index contributed by atoms with van der Waals surface area (Å²) < 4.78 is 22.7. The van der Waals surface area contributed by atoms with Crippen molar-refractivity contribution in [2.45, 2.75) is 38.6 Å². The largest absolute Gasteiger partial charge is 0.384 e. The van der Waals surface area contributed by atoms with E-state index in [1.165, 1.54) is 0 Å². The number of rotatable bonds is 4. The third-order valence-electron chi connectivity index (χ3n) is 3.17. The van der Waals surface area contributed by atoms with E-state index in [1.807, 2.05) is 0 Å². The number of sulfone groups is 1. The normalized spacial score (nSPS) is 19.2. The second-order valence-electron chi connectivity index (χ2n) is 4.91. The van der Waals surface area contributed by atoms with Crippen molar-refractivity contribution in [3.8, 4) is 0 Å². The Bertz CT molecular complexity index is 531. The van der Waals surface area contributed by atoms with Crippen LogP contribution in [-0.2, 0) is 16.3 Å². The number of aromatic nitrogens is 2. The first-order valence-corrected chi connectivity index (χ1v) is 8.41. The van der Waals surface area contributed by atoms with Crippen LogP contribution < -0.4 is 11.1 Å². The zero-order chi connectivity index (χ0) is 13.9. The smallest absolute Gasteiger partial charge is 0.150 e. The summed E-state index contributed by atoms with van der Waals surface area (Å²) in [4.78, 5) is 8.57. The second-order valence-corrected chi connectivity index (χ2v) is 7.22. The lowest BCUT2D eigenvalue weighted by molar-refractivity contribution is 0.559. The summed E-state index contributed by atoms with van der Waals surface area (Å²) in [7, 11) is -2.83. The molecule has 0 spiro atoms. The molecule has 7 heteroatoms. The van der Waals surface area contributed by atoms with Gasteiger partial charge in [0.05, 0.1) is 11.5 Å². The molecule has 1 aliphatic heterocycles. The minimum atomic E-state index is -2.83. The van der Waals surface area contributed by atoms with E-state index in [9.17, 15) is 8.42 Å². The summed E-state index contributed by atoms with van der Waals surface area (Å²) in [5.41, 5.74) is 5.75. The van der Waals surface area contributed by atoms with Gasteiger partial charge in [-0.25, -0.2) is 18.4 Å². The first-order chi connectivity index (χ1) is 8.98. The molecule has 6 nitrogen and oxygen atoms in total. The topological polar surface area (TPSA) is 98.0 Å². The molecule has 19 heavy (non-hydrogen) atoms. The number of hydrogen-bond donors (Lipinski definition) is 2. The predicted molar refractivity (Wildman–Crippen MR) is 75.7 cm³/mol. The van der Waals surface area contributed by atoms with E-state index < -0.39 is 9.84 Å². The molecule has 0 unspecified atom stereocenters. The molecule has 0 aliphatic carbocycles. The molecule has 2 heterocycles. The Labute approximate surface area is 113 Å². The summed E-state index contributed by atoms with van der Waals surface area (Å²) >= 11 is 0. The number of nitrogen functional groups attached to an aromatic ring is 1. The molecule has 0 aromatic carbocycles. The van der Waals surface area contributed by atoms with Crippen LogP contribution in [0.3, 0.4) is 0 Å². The van der Waals surface area contributed by atoms with Gasteiger partial charge in [-0.05, 0) is 19.3 Å². The minimum absolute atomic E-state index is 0.146. The van der Waals surface area contributed by atoms with Crippen molar-refractivity contribution in [3.63, 3.8) is 0 Å². The van der Waals surface area contributed by atoms with E-state index in [4.69, 9.17) is 5.73 Å². The van der Waals surface area contributed by atoms with Crippen LogP contribution in [0.2, 0.25) is 0 Å². The lowest BCUT2D eigenvalue weighted by Crippen LogP contribution is -2.32. The summed E-state index contributed by atoms with van der Waals surface area (Å²) in [5, 5.41) is 3.26. The molecule has 1 saturated heterocycles. The highest BCUT2D eigenvalue weighted by Gasteiger charge is 2.23.